The molecule has 208 valence electrons. The van der Waals surface area contributed by atoms with Crippen molar-refractivity contribution in [3.63, 3.8) is 0 Å². The van der Waals surface area contributed by atoms with E-state index in [4.69, 9.17) is 21.3 Å². The van der Waals surface area contributed by atoms with Crippen LogP contribution in [0.5, 0.6) is 5.75 Å². The summed E-state index contributed by atoms with van der Waals surface area (Å²) >= 11 is 7.94. The van der Waals surface area contributed by atoms with E-state index in [-0.39, 0.29) is 21.7 Å². The lowest BCUT2D eigenvalue weighted by atomic mass is 10.0. The van der Waals surface area contributed by atoms with Gasteiger partial charge < -0.3 is 19.8 Å². The van der Waals surface area contributed by atoms with Crippen molar-refractivity contribution in [3.05, 3.63) is 53.6 Å². The average molecular weight is 578 g/mol. The number of aliphatic hydroxyl groups is 1. The molecule has 2 N–H and O–H groups in total. The van der Waals surface area contributed by atoms with E-state index in [1.807, 2.05) is 9.80 Å². The third-order valence-electron chi connectivity index (χ3n) is 7.03. The van der Waals surface area contributed by atoms with Gasteiger partial charge in [-0.15, -0.1) is 0 Å². The van der Waals surface area contributed by atoms with Crippen LogP contribution in [-0.2, 0) is 4.74 Å². The number of nitrogens with zero attached hydrogens (tertiary/aromatic N) is 5. The minimum absolute atomic E-state index is 0.00415. The topological polar surface area (TPSA) is 85.2 Å². The molecule has 8 nitrogen and oxygen atoms in total. The van der Waals surface area contributed by atoms with Crippen molar-refractivity contribution in [2.24, 2.45) is 0 Å². The van der Waals surface area contributed by atoms with Crippen LogP contribution >= 0.6 is 23.4 Å². The number of thioether (sulfide) groups is 1. The Hall–Kier alpha value is -2.54. The summed E-state index contributed by atoms with van der Waals surface area (Å²) in [4.78, 5) is 15.5. The van der Waals surface area contributed by atoms with Crippen molar-refractivity contribution in [3.8, 4) is 16.9 Å². The molecule has 1 unspecified atom stereocenters. The third-order valence-corrected chi connectivity index (χ3v) is 8.15. The van der Waals surface area contributed by atoms with Gasteiger partial charge in [0, 0.05) is 62.5 Å². The molecule has 2 aliphatic heterocycles. The van der Waals surface area contributed by atoms with Gasteiger partial charge in [0.1, 0.15) is 29.1 Å². The molecular weight excluding hydrogens is 548 g/mol. The van der Waals surface area contributed by atoms with Crippen molar-refractivity contribution in [2.45, 2.75) is 11.4 Å². The Kier molecular flexibility index (Phi) is 8.85. The number of rotatable bonds is 8. The van der Waals surface area contributed by atoms with Crippen molar-refractivity contribution >= 4 is 40.1 Å². The van der Waals surface area contributed by atoms with Crippen LogP contribution in [-0.4, -0.2) is 101 Å². The van der Waals surface area contributed by atoms with Crippen LogP contribution < -0.4 is 4.90 Å². The fourth-order valence-corrected chi connectivity index (χ4v) is 6.02. The number of aromatic hydroxyl groups is 1. The minimum atomic E-state index is -0.822. The van der Waals surface area contributed by atoms with Gasteiger partial charge in [-0.05, 0) is 24.3 Å². The fraction of sp³-hybridized carbons (Fsp3) is 0.407. The molecule has 0 amide bonds. The fourth-order valence-electron chi connectivity index (χ4n) is 4.89. The Morgan fingerprint density at radius 1 is 1.10 bits per heavy atom. The Balaban J connectivity index is 1.54. The third kappa shape index (κ3) is 5.98. The number of hydrogen-bond donors (Lipinski definition) is 2. The summed E-state index contributed by atoms with van der Waals surface area (Å²) in [5, 5.41) is 21.2. The summed E-state index contributed by atoms with van der Waals surface area (Å²) in [7, 11) is 0. The van der Waals surface area contributed by atoms with Gasteiger partial charge in [-0.2, -0.15) is 0 Å². The predicted octanol–water partition coefficient (Wildman–Crippen LogP) is 3.98. The molecule has 39 heavy (non-hydrogen) atoms. The maximum atomic E-state index is 16.2. The lowest BCUT2D eigenvalue weighted by molar-refractivity contribution is 0.0379. The molecule has 1 atom stereocenters. The summed E-state index contributed by atoms with van der Waals surface area (Å²) < 4.78 is 36.3. The van der Waals surface area contributed by atoms with Gasteiger partial charge in [0.05, 0.1) is 23.8 Å². The molecule has 2 aromatic carbocycles. The first-order chi connectivity index (χ1) is 18.9. The average Bonchev–Trinajstić information content (AvgIpc) is 2.95. The van der Waals surface area contributed by atoms with Gasteiger partial charge in [0.15, 0.2) is 11.0 Å². The van der Waals surface area contributed by atoms with Gasteiger partial charge in [0.2, 0.25) is 0 Å². The van der Waals surface area contributed by atoms with Crippen molar-refractivity contribution in [1.82, 2.24) is 19.8 Å². The lowest BCUT2D eigenvalue weighted by Gasteiger charge is -2.37. The first kappa shape index (κ1) is 28.0. The molecule has 0 radical (unpaired) electrons. The summed E-state index contributed by atoms with van der Waals surface area (Å²) in [6.07, 6.45) is 0.733. The highest BCUT2D eigenvalue weighted by atomic mass is 35.5. The van der Waals surface area contributed by atoms with Crippen molar-refractivity contribution < 1.29 is 23.7 Å². The zero-order valence-electron chi connectivity index (χ0n) is 21.3. The lowest BCUT2D eigenvalue weighted by Crippen LogP contribution is -2.50. The first-order valence-electron chi connectivity index (χ1n) is 12.8. The van der Waals surface area contributed by atoms with Crippen molar-refractivity contribution in [2.75, 3.05) is 69.7 Å². The highest BCUT2D eigenvalue weighted by Gasteiger charge is 2.27. The Morgan fingerprint density at radius 3 is 2.54 bits per heavy atom. The monoisotopic (exact) mass is 577 g/mol. The molecule has 0 spiro atoms. The standard InChI is InChI=1S/C27H30ClF2N5O3S/c1-2-21(37)34-6-8-35(9-7-34)26-17-16-18(28)22(23-19(29)4-3-5-20(23)36)24(30)25(17)31-27(32-26)39-15-12-33-10-13-38-14-11-33/h2-5,16,21,36-37H,1,6-15H2. The van der Waals surface area contributed by atoms with Crippen LogP contribution in [0.4, 0.5) is 14.6 Å². The van der Waals surface area contributed by atoms with Gasteiger partial charge in [-0.3, -0.25) is 9.80 Å². The highest BCUT2D eigenvalue weighted by molar-refractivity contribution is 7.99. The van der Waals surface area contributed by atoms with E-state index in [1.165, 1.54) is 36.0 Å². The van der Waals surface area contributed by atoms with E-state index >= 15 is 4.39 Å². The van der Waals surface area contributed by atoms with Crippen LogP contribution in [0.1, 0.15) is 0 Å². The van der Waals surface area contributed by atoms with Crippen LogP contribution in [0.2, 0.25) is 5.02 Å². The quantitative estimate of drug-likeness (QED) is 0.234. The maximum absolute atomic E-state index is 16.2. The molecule has 0 aliphatic carbocycles. The second kappa shape index (κ2) is 12.3. The maximum Gasteiger partial charge on any atom is 0.190 e. The first-order valence-corrected chi connectivity index (χ1v) is 14.1. The molecular formula is C27H30ClF2N5O3S. The van der Waals surface area contributed by atoms with E-state index in [0.717, 1.165) is 25.7 Å². The largest absolute Gasteiger partial charge is 0.507 e. The van der Waals surface area contributed by atoms with E-state index in [2.05, 4.69) is 16.5 Å². The normalized spacial score (nSPS) is 18.0. The van der Waals surface area contributed by atoms with Crippen LogP contribution in [0.3, 0.4) is 0 Å². The van der Waals surface area contributed by atoms with E-state index < -0.39 is 23.6 Å². The van der Waals surface area contributed by atoms with Gasteiger partial charge in [0.25, 0.3) is 0 Å². The number of morpholine rings is 1. The molecule has 0 saturated carbocycles. The Bertz CT molecular complexity index is 1330. The number of phenolic OH excluding ortho intramolecular Hbond substituents is 1. The number of hydrogen-bond acceptors (Lipinski definition) is 9. The molecule has 2 aliphatic rings. The van der Waals surface area contributed by atoms with Crippen LogP contribution in [0.15, 0.2) is 42.1 Å². The minimum Gasteiger partial charge on any atom is -0.507 e. The molecule has 0 bridgehead atoms. The van der Waals surface area contributed by atoms with E-state index in [0.29, 0.717) is 61.5 Å². The number of benzene rings is 2. The molecule has 3 heterocycles. The second-order valence-electron chi connectivity index (χ2n) is 9.38. The number of anilines is 1. The zero-order valence-corrected chi connectivity index (χ0v) is 22.9. The van der Waals surface area contributed by atoms with Gasteiger partial charge in [-0.25, -0.2) is 18.7 Å². The van der Waals surface area contributed by atoms with Gasteiger partial charge >= 0.3 is 0 Å². The van der Waals surface area contributed by atoms with Crippen LogP contribution in [0, 0.1) is 11.6 Å². The SMILES string of the molecule is C=CC(O)N1CCN(c2nc(SCCN3CCOCC3)nc3c(F)c(-c4c(O)cccc4F)c(Cl)cc23)CC1. The molecule has 2 saturated heterocycles. The Morgan fingerprint density at radius 2 is 1.85 bits per heavy atom. The number of aliphatic hydroxyl groups excluding tert-OH is 1. The number of ether oxygens (including phenoxy) is 1. The number of piperazine rings is 1. The summed E-state index contributed by atoms with van der Waals surface area (Å²) in [5.74, 6) is -0.813. The number of halogens is 3. The number of phenols is 1. The van der Waals surface area contributed by atoms with Crippen molar-refractivity contribution in [1.29, 1.82) is 0 Å². The smallest absolute Gasteiger partial charge is 0.190 e. The highest BCUT2D eigenvalue weighted by Crippen LogP contribution is 2.42. The summed E-state index contributed by atoms with van der Waals surface area (Å²) in [6.45, 7) is 9.73. The molecule has 5 rings (SSSR count). The molecule has 3 aromatic rings. The number of fused-ring (bicyclic) bond motifs is 1. The summed E-state index contributed by atoms with van der Waals surface area (Å²) in [5.41, 5.74) is -0.548. The number of aromatic nitrogens is 2. The molecule has 1 aromatic heterocycles. The van der Waals surface area contributed by atoms with E-state index in [9.17, 15) is 14.6 Å². The van der Waals surface area contributed by atoms with E-state index in [1.54, 1.807) is 0 Å². The Labute approximate surface area is 234 Å². The predicted molar refractivity (Wildman–Crippen MR) is 150 cm³/mol. The molecule has 12 heteroatoms. The van der Waals surface area contributed by atoms with Crippen LogP contribution in [0.25, 0.3) is 22.0 Å². The zero-order chi connectivity index (χ0) is 27.5. The molecule has 2 fully saturated rings. The van der Waals surface area contributed by atoms with Gasteiger partial charge in [-0.1, -0.05) is 36.0 Å². The second-order valence-corrected chi connectivity index (χ2v) is 10.9. The summed E-state index contributed by atoms with van der Waals surface area (Å²) in [6, 6.07) is 5.30.